The maximum Gasteiger partial charge on any atom is 0.130 e. The first-order valence-electron chi connectivity index (χ1n) is 5.17. The number of aromatic nitrogens is 1. The summed E-state index contributed by atoms with van der Waals surface area (Å²) in [6, 6.07) is 1.84. The van der Waals surface area contributed by atoms with Gasteiger partial charge in [0, 0.05) is 35.7 Å². The van der Waals surface area contributed by atoms with E-state index >= 15 is 0 Å². The molecule has 1 heterocycles. The normalized spacial score (nSPS) is 12.7. The molecule has 2 nitrogen and oxygen atoms in total. The van der Waals surface area contributed by atoms with Gasteiger partial charge >= 0.3 is 0 Å². The summed E-state index contributed by atoms with van der Waals surface area (Å²) in [5, 5.41) is 2.69. The summed E-state index contributed by atoms with van der Waals surface area (Å²) in [6.07, 6.45) is 2.14. The molecule has 1 aromatic carbocycles. The van der Waals surface area contributed by atoms with Crippen LogP contribution in [0.4, 0.5) is 8.78 Å². The summed E-state index contributed by atoms with van der Waals surface area (Å²) in [5.74, 6) is -1.15. The summed E-state index contributed by atoms with van der Waals surface area (Å²) >= 11 is 1.47. The van der Waals surface area contributed by atoms with E-state index in [1.54, 1.807) is 13.1 Å². The highest BCUT2D eigenvalue weighted by Gasteiger charge is 2.15. The highest BCUT2D eigenvalue weighted by Crippen LogP contribution is 2.22. The van der Waals surface area contributed by atoms with Crippen LogP contribution < -0.4 is 5.73 Å². The molecule has 5 heteroatoms. The predicted octanol–water partition coefficient (Wildman–Crippen LogP) is 2.97. The standard InChI is InChI=1S/C12H12F2N2S/c1-7-4-8(10(14)5-9(7)13)11(15)6-12-16-2-3-17-12/h2-5,11H,6,15H2,1H3. The zero-order valence-corrected chi connectivity index (χ0v) is 10.1. The van der Waals surface area contributed by atoms with Gasteiger partial charge in [-0.25, -0.2) is 13.8 Å². The Balaban J connectivity index is 2.24. The minimum atomic E-state index is -0.600. The number of nitrogens with two attached hydrogens (primary N) is 1. The van der Waals surface area contributed by atoms with Crippen molar-refractivity contribution in [3.63, 3.8) is 0 Å². The van der Waals surface area contributed by atoms with E-state index in [1.807, 2.05) is 5.38 Å². The molecule has 2 N–H and O–H groups in total. The van der Waals surface area contributed by atoms with Gasteiger partial charge in [-0.2, -0.15) is 0 Å². The largest absolute Gasteiger partial charge is 0.324 e. The number of hydrogen-bond acceptors (Lipinski definition) is 3. The van der Waals surface area contributed by atoms with Crippen molar-refractivity contribution in [1.82, 2.24) is 4.98 Å². The second-order valence-electron chi connectivity index (χ2n) is 3.86. The lowest BCUT2D eigenvalue weighted by Crippen LogP contribution is -2.15. The van der Waals surface area contributed by atoms with Crippen LogP contribution >= 0.6 is 11.3 Å². The van der Waals surface area contributed by atoms with E-state index in [-0.39, 0.29) is 0 Å². The number of aryl methyl sites for hydroxylation is 1. The summed E-state index contributed by atoms with van der Waals surface area (Å²) in [4.78, 5) is 4.09. The van der Waals surface area contributed by atoms with Gasteiger partial charge in [0.2, 0.25) is 0 Å². The van der Waals surface area contributed by atoms with Gasteiger partial charge < -0.3 is 5.73 Å². The van der Waals surface area contributed by atoms with E-state index in [0.717, 1.165) is 11.1 Å². The molecule has 0 spiro atoms. The third kappa shape index (κ3) is 2.68. The molecule has 0 bridgehead atoms. The Morgan fingerprint density at radius 1 is 1.35 bits per heavy atom. The summed E-state index contributed by atoms with van der Waals surface area (Å²) in [7, 11) is 0. The quantitative estimate of drug-likeness (QED) is 0.914. The van der Waals surface area contributed by atoms with Crippen molar-refractivity contribution >= 4 is 11.3 Å². The maximum atomic E-state index is 13.6. The number of thiazole rings is 1. The molecule has 0 fully saturated rings. The number of rotatable bonds is 3. The van der Waals surface area contributed by atoms with Crippen LogP contribution in [0.5, 0.6) is 0 Å². The minimum Gasteiger partial charge on any atom is -0.324 e. The topological polar surface area (TPSA) is 38.9 Å². The van der Waals surface area contributed by atoms with E-state index in [4.69, 9.17) is 5.73 Å². The van der Waals surface area contributed by atoms with E-state index in [0.29, 0.717) is 17.5 Å². The molecule has 1 atom stereocenters. The summed E-state index contributed by atoms with van der Waals surface area (Å²) < 4.78 is 26.7. The van der Waals surface area contributed by atoms with E-state index in [1.165, 1.54) is 17.4 Å². The Morgan fingerprint density at radius 3 is 2.76 bits per heavy atom. The van der Waals surface area contributed by atoms with Crippen LogP contribution in [-0.4, -0.2) is 4.98 Å². The highest BCUT2D eigenvalue weighted by atomic mass is 32.1. The molecule has 0 amide bonds. The van der Waals surface area contributed by atoms with E-state index in [2.05, 4.69) is 4.98 Å². The van der Waals surface area contributed by atoms with Gasteiger partial charge in [0.1, 0.15) is 11.6 Å². The predicted molar refractivity (Wildman–Crippen MR) is 63.8 cm³/mol. The molecule has 0 radical (unpaired) electrons. The van der Waals surface area contributed by atoms with Crippen LogP contribution in [0.25, 0.3) is 0 Å². The highest BCUT2D eigenvalue weighted by molar-refractivity contribution is 7.09. The molecule has 1 unspecified atom stereocenters. The second kappa shape index (κ2) is 4.89. The van der Waals surface area contributed by atoms with Crippen LogP contribution in [0.2, 0.25) is 0 Å². The minimum absolute atomic E-state index is 0.333. The molecule has 17 heavy (non-hydrogen) atoms. The Kier molecular flexibility index (Phi) is 3.49. The molecule has 0 aliphatic rings. The van der Waals surface area contributed by atoms with Crippen LogP contribution in [0.3, 0.4) is 0 Å². The molecular formula is C12H12F2N2S. The maximum absolute atomic E-state index is 13.6. The summed E-state index contributed by atoms with van der Waals surface area (Å²) in [5.41, 5.74) is 6.64. The molecular weight excluding hydrogens is 242 g/mol. The third-order valence-corrected chi connectivity index (χ3v) is 3.36. The third-order valence-electron chi connectivity index (χ3n) is 2.56. The molecule has 90 valence electrons. The molecule has 0 saturated heterocycles. The smallest absolute Gasteiger partial charge is 0.130 e. The van der Waals surface area contributed by atoms with Gasteiger partial charge in [0.05, 0.1) is 5.01 Å². The summed E-state index contributed by atoms with van der Waals surface area (Å²) in [6.45, 7) is 1.59. The Morgan fingerprint density at radius 2 is 2.12 bits per heavy atom. The molecule has 0 aliphatic carbocycles. The van der Waals surface area contributed by atoms with E-state index < -0.39 is 17.7 Å². The van der Waals surface area contributed by atoms with Gasteiger partial charge in [-0.3, -0.25) is 0 Å². The number of hydrogen-bond donors (Lipinski definition) is 1. The molecule has 0 aliphatic heterocycles. The van der Waals surface area contributed by atoms with Gasteiger partial charge in [0.15, 0.2) is 0 Å². The van der Waals surface area contributed by atoms with Gasteiger partial charge in [-0.1, -0.05) is 0 Å². The first-order chi connectivity index (χ1) is 8.08. The van der Waals surface area contributed by atoms with Crippen molar-refractivity contribution < 1.29 is 8.78 Å². The van der Waals surface area contributed by atoms with Gasteiger partial charge in [-0.05, 0) is 18.6 Å². The van der Waals surface area contributed by atoms with Crippen molar-refractivity contribution in [2.24, 2.45) is 5.73 Å². The molecule has 0 saturated carbocycles. The lowest BCUT2D eigenvalue weighted by Gasteiger charge is -2.12. The van der Waals surface area contributed by atoms with Crippen molar-refractivity contribution in [3.05, 3.63) is 51.5 Å². The number of halogens is 2. The van der Waals surface area contributed by atoms with Crippen molar-refractivity contribution in [1.29, 1.82) is 0 Å². The fourth-order valence-electron chi connectivity index (χ4n) is 1.62. The van der Waals surface area contributed by atoms with E-state index in [9.17, 15) is 8.78 Å². The Hall–Kier alpha value is -1.33. The number of nitrogens with zero attached hydrogens (tertiary/aromatic N) is 1. The molecule has 2 rings (SSSR count). The SMILES string of the molecule is Cc1cc(C(N)Cc2nccs2)c(F)cc1F. The molecule has 2 aromatic rings. The zero-order valence-electron chi connectivity index (χ0n) is 9.28. The lowest BCUT2D eigenvalue weighted by atomic mass is 10.0. The van der Waals surface area contributed by atoms with Gasteiger partial charge in [0.25, 0.3) is 0 Å². The number of benzene rings is 1. The first-order valence-corrected chi connectivity index (χ1v) is 6.05. The van der Waals surface area contributed by atoms with Crippen LogP contribution in [0, 0.1) is 18.6 Å². The van der Waals surface area contributed by atoms with Gasteiger partial charge in [-0.15, -0.1) is 11.3 Å². The average Bonchev–Trinajstić information content (AvgIpc) is 2.76. The zero-order chi connectivity index (χ0) is 12.4. The lowest BCUT2D eigenvalue weighted by molar-refractivity contribution is 0.549. The fraction of sp³-hybridized carbons (Fsp3) is 0.250. The molecule has 1 aromatic heterocycles. The first kappa shape index (κ1) is 12.1. The van der Waals surface area contributed by atoms with Crippen molar-refractivity contribution in [2.75, 3.05) is 0 Å². The van der Waals surface area contributed by atoms with Crippen molar-refractivity contribution in [3.8, 4) is 0 Å². The van der Waals surface area contributed by atoms with Crippen LogP contribution in [0.15, 0.2) is 23.7 Å². The monoisotopic (exact) mass is 254 g/mol. The van der Waals surface area contributed by atoms with Crippen molar-refractivity contribution in [2.45, 2.75) is 19.4 Å². The van der Waals surface area contributed by atoms with Crippen LogP contribution in [0.1, 0.15) is 22.2 Å². The van der Waals surface area contributed by atoms with Crippen LogP contribution in [-0.2, 0) is 6.42 Å². The second-order valence-corrected chi connectivity index (χ2v) is 4.84. The fourth-order valence-corrected chi connectivity index (χ4v) is 2.29. The average molecular weight is 254 g/mol. The Labute approximate surface area is 102 Å². The Bertz CT molecular complexity index is 511.